The molecule has 1 fully saturated rings. The van der Waals surface area contributed by atoms with Gasteiger partial charge >= 0.3 is 0 Å². The molecule has 1 saturated carbocycles. The Bertz CT molecular complexity index is 366. The molecule has 17 heavy (non-hydrogen) atoms. The average molecular weight is 335 g/mol. The van der Waals surface area contributed by atoms with Crippen molar-refractivity contribution in [1.82, 2.24) is 4.98 Å². The Balaban J connectivity index is 1.98. The summed E-state index contributed by atoms with van der Waals surface area (Å²) in [5.41, 5.74) is 0.448. The van der Waals surface area contributed by atoms with Gasteiger partial charge in [0.2, 0.25) is 0 Å². The minimum atomic E-state index is 0.448. The van der Waals surface area contributed by atoms with Crippen LogP contribution in [-0.4, -0.2) is 16.1 Å². The molecule has 1 aliphatic carbocycles. The van der Waals surface area contributed by atoms with Crippen molar-refractivity contribution in [3.8, 4) is 0 Å². The van der Waals surface area contributed by atoms with Gasteiger partial charge in [0, 0.05) is 17.3 Å². The molecule has 4 heteroatoms. The van der Waals surface area contributed by atoms with E-state index < -0.39 is 0 Å². The number of aromatic nitrogens is 1. The molecule has 0 amide bonds. The first kappa shape index (κ1) is 13.7. The fourth-order valence-electron chi connectivity index (χ4n) is 2.32. The van der Waals surface area contributed by atoms with Crippen LogP contribution < -0.4 is 0 Å². The highest BCUT2D eigenvalue weighted by atomic mass is 79.9. The second-order valence-electron chi connectivity index (χ2n) is 4.77. The van der Waals surface area contributed by atoms with E-state index in [2.05, 4.69) is 20.9 Å². The van der Waals surface area contributed by atoms with Crippen molar-refractivity contribution in [2.45, 2.75) is 37.1 Å². The number of halogens is 2. The Kier molecular flexibility index (Phi) is 5.19. The van der Waals surface area contributed by atoms with E-state index in [1.165, 1.54) is 32.1 Å². The third kappa shape index (κ3) is 3.62. The predicted octanol–water partition coefficient (Wildman–Crippen LogP) is 5.17. The summed E-state index contributed by atoms with van der Waals surface area (Å²) in [6.45, 7) is 0. The second kappa shape index (κ2) is 6.44. The van der Waals surface area contributed by atoms with E-state index in [-0.39, 0.29) is 0 Å². The summed E-state index contributed by atoms with van der Waals surface area (Å²) in [7, 11) is 0. The summed E-state index contributed by atoms with van der Waals surface area (Å²) >= 11 is 11.6. The lowest BCUT2D eigenvalue weighted by Crippen LogP contribution is -2.28. The Labute approximate surface area is 121 Å². The quantitative estimate of drug-likeness (QED) is 0.556. The third-order valence-corrected chi connectivity index (χ3v) is 6.40. The van der Waals surface area contributed by atoms with E-state index >= 15 is 0 Å². The largest absolute Gasteiger partial charge is 0.248 e. The van der Waals surface area contributed by atoms with Crippen molar-refractivity contribution in [2.75, 3.05) is 11.1 Å². The molecular formula is C13H17BrClNS. The van der Waals surface area contributed by atoms with Crippen molar-refractivity contribution >= 4 is 39.3 Å². The van der Waals surface area contributed by atoms with E-state index in [1.807, 2.05) is 18.3 Å². The van der Waals surface area contributed by atoms with Gasteiger partial charge in [-0.25, -0.2) is 4.98 Å². The summed E-state index contributed by atoms with van der Waals surface area (Å²) in [5.74, 6) is 1.12. The normalized spacial score (nSPS) is 19.2. The number of rotatable bonds is 4. The number of pyridine rings is 1. The van der Waals surface area contributed by atoms with Gasteiger partial charge in [-0.05, 0) is 30.4 Å². The molecule has 0 aliphatic heterocycles. The van der Waals surface area contributed by atoms with Crippen LogP contribution in [0.1, 0.15) is 32.1 Å². The highest BCUT2D eigenvalue weighted by molar-refractivity contribution is 9.09. The molecule has 1 aromatic heterocycles. The molecule has 0 bridgehead atoms. The molecule has 0 spiro atoms. The summed E-state index contributed by atoms with van der Waals surface area (Å²) in [4.78, 5) is 4.34. The van der Waals surface area contributed by atoms with E-state index in [9.17, 15) is 0 Å². The van der Waals surface area contributed by atoms with Gasteiger partial charge in [-0.3, -0.25) is 0 Å². The monoisotopic (exact) mass is 333 g/mol. The second-order valence-corrected chi connectivity index (χ2v) is 6.71. The smallest absolute Gasteiger partial charge is 0.115 e. The SMILES string of the molecule is Clc1cccnc1SCC1(CBr)CCCCC1. The Morgan fingerprint density at radius 3 is 2.76 bits per heavy atom. The van der Waals surface area contributed by atoms with Gasteiger partial charge in [0.1, 0.15) is 5.03 Å². The zero-order valence-electron chi connectivity index (χ0n) is 9.79. The van der Waals surface area contributed by atoms with Gasteiger partial charge in [0.05, 0.1) is 5.02 Å². The van der Waals surface area contributed by atoms with Crippen LogP contribution in [0.4, 0.5) is 0 Å². The van der Waals surface area contributed by atoms with Crippen molar-refractivity contribution < 1.29 is 0 Å². The summed E-state index contributed by atoms with van der Waals surface area (Å²) in [6.07, 6.45) is 8.59. The molecule has 1 nitrogen and oxygen atoms in total. The number of hydrogen-bond donors (Lipinski definition) is 0. The van der Waals surface area contributed by atoms with E-state index in [0.717, 1.165) is 21.1 Å². The van der Waals surface area contributed by atoms with E-state index in [4.69, 9.17) is 11.6 Å². The van der Waals surface area contributed by atoms with Crippen LogP contribution in [0.15, 0.2) is 23.4 Å². The molecule has 0 radical (unpaired) electrons. The number of hydrogen-bond acceptors (Lipinski definition) is 2. The van der Waals surface area contributed by atoms with Crippen LogP contribution in [0.2, 0.25) is 5.02 Å². The molecule has 1 aliphatic rings. The van der Waals surface area contributed by atoms with Crippen LogP contribution in [0.5, 0.6) is 0 Å². The molecule has 1 heterocycles. The standard InChI is InChI=1S/C13H17BrClNS/c14-9-13(6-2-1-3-7-13)10-17-12-11(15)5-4-8-16-12/h4-5,8H,1-3,6-7,9-10H2. The van der Waals surface area contributed by atoms with Crippen LogP contribution in [0.3, 0.4) is 0 Å². The zero-order chi connectivity index (χ0) is 12.1. The number of alkyl halides is 1. The van der Waals surface area contributed by atoms with Gasteiger partial charge in [0.25, 0.3) is 0 Å². The molecule has 0 saturated heterocycles. The maximum absolute atomic E-state index is 6.14. The minimum Gasteiger partial charge on any atom is -0.248 e. The average Bonchev–Trinajstić information content (AvgIpc) is 2.39. The third-order valence-electron chi connectivity index (χ3n) is 3.44. The fourth-order valence-corrected chi connectivity index (χ4v) is 4.80. The Morgan fingerprint density at radius 1 is 1.35 bits per heavy atom. The van der Waals surface area contributed by atoms with Crippen molar-refractivity contribution in [2.24, 2.45) is 5.41 Å². The maximum atomic E-state index is 6.14. The maximum Gasteiger partial charge on any atom is 0.115 e. The molecule has 1 aromatic rings. The van der Waals surface area contributed by atoms with Gasteiger partial charge in [-0.1, -0.05) is 46.8 Å². The van der Waals surface area contributed by atoms with E-state index in [1.54, 1.807) is 11.8 Å². The first-order valence-corrected chi connectivity index (χ1v) is 8.54. The minimum absolute atomic E-state index is 0.448. The van der Waals surface area contributed by atoms with Crippen LogP contribution in [0.25, 0.3) is 0 Å². The van der Waals surface area contributed by atoms with Crippen molar-refractivity contribution in [3.05, 3.63) is 23.4 Å². The molecule has 0 aromatic carbocycles. The molecule has 0 unspecified atom stereocenters. The zero-order valence-corrected chi connectivity index (χ0v) is 13.0. The summed E-state index contributed by atoms with van der Waals surface area (Å²) in [6, 6.07) is 3.80. The molecule has 94 valence electrons. The number of thioether (sulfide) groups is 1. The molecule has 2 rings (SSSR count). The predicted molar refractivity (Wildman–Crippen MR) is 79.3 cm³/mol. The molecule has 0 N–H and O–H groups in total. The fraction of sp³-hybridized carbons (Fsp3) is 0.615. The Hall–Kier alpha value is 0.270. The topological polar surface area (TPSA) is 12.9 Å². The van der Waals surface area contributed by atoms with Gasteiger partial charge in [-0.2, -0.15) is 0 Å². The molecular weight excluding hydrogens is 318 g/mol. The highest BCUT2D eigenvalue weighted by Gasteiger charge is 2.31. The van der Waals surface area contributed by atoms with Crippen LogP contribution in [0, 0.1) is 5.41 Å². The molecule has 0 atom stereocenters. The summed E-state index contributed by atoms with van der Waals surface area (Å²) in [5, 5.41) is 2.84. The van der Waals surface area contributed by atoms with Gasteiger partial charge in [-0.15, -0.1) is 11.8 Å². The first-order chi connectivity index (χ1) is 8.26. The lowest BCUT2D eigenvalue weighted by molar-refractivity contribution is 0.260. The van der Waals surface area contributed by atoms with E-state index in [0.29, 0.717) is 5.41 Å². The Morgan fingerprint density at radius 2 is 2.12 bits per heavy atom. The summed E-state index contributed by atoms with van der Waals surface area (Å²) < 4.78 is 0. The van der Waals surface area contributed by atoms with Crippen LogP contribution in [-0.2, 0) is 0 Å². The lowest BCUT2D eigenvalue weighted by atomic mass is 9.77. The van der Waals surface area contributed by atoms with Crippen molar-refractivity contribution in [3.63, 3.8) is 0 Å². The lowest BCUT2D eigenvalue weighted by Gasteiger charge is -2.35. The highest BCUT2D eigenvalue weighted by Crippen LogP contribution is 2.42. The van der Waals surface area contributed by atoms with Crippen molar-refractivity contribution in [1.29, 1.82) is 0 Å². The van der Waals surface area contributed by atoms with Gasteiger partial charge < -0.3 is 0 Å². The van der Waals surface area contributed by atoms with Crippen LogP contribution >= 0.6 is 39.3 Å². The van der Waals surface area contributed by atoms with Gasteiger partial charge in [0.15, 0.2) is 0 Å². The number of nitrogens with zero attached hydrogens (tertiary/aromatic N) is 1. The first-order valence-electron chi connectivity index (χ1n) is 6.05.